The lowest BCUT2D eigenvalue weighted by Gasteiger charge is -2.24. The van der Waals surface area contributed by atoms with E-state index >= 15 is 0 Å². The van der Waals surface area contributed by atoms with Crippen molar-refractivity contribution in [1.29, 1.82) is 0 Å². The number of carbonyl (C=O) groups is 1. The summed E-state index contributed by atoms with van der Waals surface area (Å²) in [6.07, 6.45) is 4.42. The molecule has 218 valence electrons. The van der Waals surface area contributed by atoms with E-state index in [4.69, 9.17) is 25.8 Å². The van der Waals surface area contributed by atoms with E-state index in [0.29, 0.717) is 59.5 Å². The number of hydrogen-bond donors (Lipinski definition) is 1. The van der Waals surface area contributed by atoms with Gasteiger partial charge in [0, 0.05) is 30.5 Å². The van der Waals surface area contributed by atoms with Gasteiger partial charge in [-0.1, -0.05) is 29.8 Å². The van der Waals surface area contributed by atoms with Gasteiger partial charge in [-0.25, -0.2) is 19.2 Å². The standard InChI is InChI=1S/C31H24ClFN4O5S/c1-31(26-8-6-19(32)12-34-26)41-25-4-2-3-22(29(25)42-31)17-5-7-21(40-14-17)11-27-36-28-23(33)9-18(30(38)39)10-24(28)37(27)13-20-15-43-16-35-20/h2-6,8-10,12,15-16,21H,7,11,13-14H2,1H3,(H,38,39)/t21-,31-/m0/s1. The predicted octanol–water partition coefficient (Wildman–Crippen LogP) is 6.49. The van der Waals surface area contributed by atoms with Gasteiger partial charge in [0.1, 0.15) is 17.0 Å². The Morgan fingerprint density at radius 2 is 2.12 bits per heavy atom. The van der Waals surface area contributed by atoms with Crippen LogP contribution in [0.5, 0.6) is 11.5 Å². The molecule has 0 saturated carbocycles. The number of aromatic nitrogens is 4. The number of para-hydroxylation sites is 1. The van der Waals surface area contributed by atoms with Gasteiger partial charge in [-0.3, -0.25) is 4.98 Å². The van der Waals surface area contributed by atoms with Gasteiger partial charge >= 0.3 is 5.97 Å². The van der Waals surface area contributed by atoms with Gasteiger partial charge in [-0.15, -0.1) is 11.3 Å². The number of imidazole rings is 1. The lowest BCUT2D eigenvalue weighted by molar-refractivity contribution is -0.0719. The van der Waals surface area contributed by atoms with Crippen molar-refractivity contribution in [2.45, 2.75) is 38.2 Å². The summed E-state index contributed by atoms with van der Waals surface area (Å²) in [4.78, 5) is 25.0. The first kappa shape index (κ1) is 27.5. The number of fused-ring (bicyclic) bond motifs is 2. The van der Waals surface area contributed by atoms with Gasteiger partial charge in [0.2, 0.25) is 0 Å². The minimum Gasteiger partial charge on any atom is -0.478 e. The third kappa shape index (κ3) is 5.13. The molecule has 7 rings (SSSR count). The molecule has 0 fully saturated rings. The molecule has 9 nitrogen and oxygen atoms in total. The molecule has 0 saturated heterocycles. The van der Waals surface area contributed by atoms with Crippen LogP contribution >= 0.6 is 22.9 Å². The van der Waals surface area contributed by atoms with Crippen molar-refractivity contribution in [2.75, 3.05) is 6.61 Å². The van der Waals surface area contributed by atoms with E-state index in [-0.39, 0.29) is 17.2 Å². The van der Waals surface area contributed by atoms with Crippen molar-refractivity contribution >= 4 is 45.5 Å². The number of halogens is 2. The number of benzene rings is 2. The van der Waals surface area contributed by atoms with Crippen molar-refractivity contribution in [2.24, 2.45) is 0 Å². The second-order valence-electron chi connectivity index (χ2n) is 10.5. The minimum atomic E-state index is -1.21. The van der Waals surface area contributed by atoms with Crippen LogP contribution in [0.4, 0.5) is 4.39 Å². The van der Waals surface area contributed by atoms with E-state index in [0.717, 1.165) is 22.9 Å². The fourth-order valence-corrected chi connectivity index (χ4v) is 6.09. The summed E-state index contributed by atoms with van der Waals surface area (Å²) in [5.74, 6) is -1.17. The Morgan fingerprint density at radius 3 is 2.84 bits per heavy atom. The van der Waals surface area contributed by atoms with E-state index in [2.05, 4.69) is 21.0 Å². The van der Waals surface area contributed by atoms with E-state index in [1.54, 1.807) is 23.8 Å². The highest BCUT2D eigenvalue weighted by atomic mass is 35.5. The monoisotopic (exact) mass is 618 g/mol. The zero-order valence-electron chi connectivity index (χ0n) is 22.8. The summed E-state index contributed by atoms with van der Waals surface area (Å²) >= 11 is 7.47. The summed E-state index contributed by atoms with van der Waals surface area (Å²) in [6, 6.07) is 11.7. The molecule has 0 spiro atoms. The number of ether oxygens (including phenoxy) is 3. The van der Waals surface area contributed by atoms with Gasteiger partial charge in [0.05, 0.1) is 46.6 Å². The molecule has 0 bridgehead atoms. The van der Waals surface area contributed by atoms with Crippen LogP contribution in [0, 0.1) is 5.82 Å². The fourth-order valence-electron chi connectivity index (χ4n) is 5.43. The van der Waals surface area contributed by atoms with Gasteiger partial charge in [-0.05, 0) is 42.3 Å². The molecule has 12 heteroatoms. The SMILES string of the molecule is C[C@]1(c2ccc(Cl)cn2)Oc2cccc(C3=CC[C@@H](Cc4nc5c(F)cc(C(=O)O)cc5n4Cc4cscn4)OC3)c2O1. The van der Waals surface area contributed by atoms with Crippen molar-refractivity contribution in [3.05, 3.63) is 105 Å². The van der Waals surface area contributed by atoms with Crippen LogP contribution in [0.25, 0.3) is 16.6 Å². The second kappa shape index (κ2) is 10.7. The topological polar surface area (TPSA) is 109 Å². The first-order chi connectivity index (χ1) is 20.8. The van der Waals surface area contributed by atoms with Crippen molar-refractivity contribution in [3.63, 3.8) is 0 Å². The largest absolute Gasteiger partial charge is 0.478 e. The first-order valence-electron chi connectivity index (χ1n) is 13.5. The Labute approximate surface area is 254 Å². The summed E-state index contributed by atoms with van der Waals surface area (Å²) in [7, 11) is 0. The summed E-state index contributed by atoms with van der Waals surface area (Å²) in [5.41, 5.74) is 5.31. The molecule has 2 atom stereocenters. The zero-order valence-corrected chi connectivity index (χ0v) is 24.4. The zero-order chi connectivity index (χ0) is 29.7. The Balaban J connectivity index is 1.15. The third-order valence-electron chi connectivity index (χ3n) is 7.57. The van der Waals surface area contributed by atoms with Crippen LogP contribution < -0.4 is 9.47 Å². The minimum absolute atomic E-state index is 0.123. The summed E-state index contributed by atoms with van der Waals surface area (Å²) < 4.78 is 35.6. The number of thiazole rings is 1. The number of pyridine rings is 1. The molecule has 5 aromatic rings. The fraction of sp³-hybridized carbons (Fsp3) is 0.226. The Kier molecular flexibility index (Phi) is 6.88. The average Bonchev–Trinajstić information content (AvgIpc) is 3.72. The predicted molar refractivity (Wildman–Crippen MR) is 158 cm³/mol. The molecule has 5 heterocycles. The molecule has 2 aliphatic rings. The molecule has 2 aromatic carbocycles. The van der Waals surface area contributed by atoms with Crippen LogP contribution in [0.1, 0.15) is 46.5 Å². The van der Waals surface area contributed by atoms with Crippen molar-refractivity contribution in [3.8, 4) is 11.5 Å². The number of nitrogens with zero attached hydrogens (tertiary/aromatic N) is 4. The van der Waals surface area contributed by atoms with E-state index in [9.17, 15) is 14.3 Å². The number of carboxylic acid groups (broad SMARTS) is 1. The molecule has 43 heavy (non-hydrogen) atoms. The Morgan fingerprint density at radius 1 is 1.23 bits per heavy atom. The van der Waals surface area contributed by atoms with E-state index in [1.807, 2.05) is 35.1 Å². The lowest BCUT2D eigenvalue weighted by atomic mass is 9.99. The number of hydrogen-bond acceptors (Lipinski definition) is 8. The highest BCUT2D eigenvalue weighted by molar-refractivity contribution is 7.07. The molecule has 2 aliphatic heterocycles. The normalized spacial score (nSPS) is 19.5. The average molecular weight is 619 g/mol. The first-order valence-corrected chi connectivity index (χ1v) is 14.8. The molecular weight excluding hydrogens is 595 g/mol. The molecular formula is C31H24ClFN4O5S. The molecule has 0 unspecified atom stereocenters. The van der Waals surface area contributed by atoms with Crippen LogP contribution in [0.2, 0.25) is 5.02 Å². The third-order valence-corrected chi connectivity index (χ3v) is 8.43. The van der Waals surface area contributed by atoms with Gasteiger partial charge in [0.25, 0.3) is 5.79 Å². The van der Waals surface area contributed by atoms with Crippen molar-refractivity contribution < 1.29 is 28.5 Å². The van der Waals surface area contributed by atoms with E-state index in [1.165, 1.54) is 17.4 Å². The van der Waals surface area contributed by atoms with Crippen LogP contribution in [0.15, 0.2) is 65.6 Å². The van der Waals surface area contributed by atoms with Gasteiger partial charge in [-0.2, -0.15) is 0 Å². The maximum absolute atomic E-state index is 15.0. The summed E-state index contributed by atoms with van der Waals surface area (Å²) in [6.45, 7) is 2.47. The summed E-state index contributed by atoms with van der Waals surface area (Å²) in [5, 5.41) is 11.9. The van der Waals surface area contributed by atoms with E-state index < -0.39 is 17.6 Å². The molecule has 3 aromatic heterocycles. The molecule has 0 aliphatic carbocycles. The van der Waals surface area contributed by atoms with Crippen LogP contribution in [-0.4, -0.2) is 43.3 Å². The Bertz CT molecular complexity index is 1890. The molecule has 1 N–H and O–H groups in total. The second-order valence-corrected chi connectivity index (χ2v) is 11.6. The number of carboxylic acids is 1. The van der Waals surface area contributed by atoms with Crippen LogP contribution in [-0.2, 0) is 23.5 Å². The van der Waals surface area contributed by atoms with Gasteiger partial charge < -0.3 is 23.9 Å². The molecule has 0 amide bonds. The van der Waals surface area contributed by atoms with Gasteiger partial charge in [0.15, 0.2) is 17.3 Å². The quantitative estimate of drug-likeness (QED) is 0.221. The molecule has 0 radical (unpaired) electrons. The lowest BCUT2D eigenvalue weighted by Crippen LogP contribution is -2.32. The highest BCUT2D eigenvalue weighted by Crippen LogP contribution is 2.48. The maximum Gasteiger partial charge on any atom is 0.335 e. The maximum atomic E-state index is 15.0. The van der Waals surface area contributed by atoms with Crippen LogP contribution in [0.3, 0.4) is 0 Å². The smallest absolute Gasteiger partial charge is 0.335 e. The van der Waals surface area contributed by atoms with Crippen molar-refractivity contribution in [1.82, 2.24) is 19.5 Å². The highest BCUT2D eigenvalue weighted by Gasteiger charge is 2.41. The number of rotatable bonds is 7. The Hall–Kier alpha value is -4.32. The number of aromatic carboxylic acids is 1.